The minimum absolute atomic E-state index is 0.370. The number of rotatable bonds is 1. The van der Waals surface area contributed by atoms with Crippen LogP contribution in [0.15, 0.2) is 35.2 Å². The van der Waals surface area contributed by atoms with Crippen molar-refractivity contribution in [1.82, 2.24) is 0 Å². The molecule has 10 fully saturated rings. The molecule has 0 radical (unpaired) electrons. The molecule has 0 bridgehead atoms. The van der Waals surface area contributed by atoms with Gasteiger partial charge in [-0.1, -0.05) is 18.2 Å². The zero-order chi connectivity index (χ0) is 13.7. The molecule has 1 spiro atoms. The standard InChI is InChI=1S/C7H8O2S.2C5H5.Fe/c1-10(8,9)7-5-3-2-4-6-7;2*1-2-4-5-3-1;/h2-6H,1H3;2*1-5H;. The number of hydrogen-bond acceptors (Lipinski definition) is 2. The van der Waals surface area contributed by atoms with Gasteiger partial charge in [-0.05, 0) is 12.1 Å². The fourth-order valence-electron chi connectivity index (χ4n) is 16.5. The first-order valence-electron chi connectivity index (χ1n) is 8.23. The SMILES string of the molecule is CS(=O)(=O)c1ccccc1.[CH]12[CH]3[CH]4[CH]5[CH]1[Fe]23451678[CH]2[CH]1[CH]6[CH]7[CH]28. The summed E-state index contributed by atoms with van der Waals surface area (Å²) in [4.78, 5) is 16.3. The molecule has 10 aliphatic rings. The first-order chi connectivity index (χ1) is 9.76. The van der Waals surface area contributed by atoms with Crippen molar-refractivity contribution in [2.24, 2.45) is 0 Å². The summed E-state index contributed by atoms with van der Waals surface area (Å²) in [6.07, 6.45) is 1.20. The van der Waals surface area contributed by atoms with Crippen LogP contribution in [-0.4, -0.2) is 14.7 Å². The van der Waals surface area contributed by atoms with Crippen LogP contribution in [0.3, 0.4) is 0 Å². The van der Waals surface area contributed by atoms with Gasteiger partial charge in [0, 0.05) is 6.26 Å². The van der Waals surface area contributed by atoms with Gasteiger partial charge >= 0.3 is 54.7 Å². The van der Waals surface area contributed by atoms with Gasteiger partial charge in [-0.3, -0.25) is 0 Å². The Kier molecular flexibility index (Phi) is 0.379. The van der Waals surface area contributed by atoms with Crippen LogP contribution < -0.4 is 0 Å². The summed E-state index contributed by atoms with van der Waals surface area (Å²) in [5, 5.41) is 0. The molecule has 10 heterocycles. The van der Waals surface area contributed by atoms with Crippen LogP contribution >= 0.6 is 0 Å². The first-order valence-corrected chi connectivity index (χ1v) is 16.5. The summed E-state index contributed by atoms with van der Waals surface area (Å²) in [5.74, 6) is 0. The van der Waals surface area contributed by atoms with E-state index in [0.717, 1.165) is 0 Å². The van der Waals surface area contributed by atoms with E-state index >= 15 is 0 Å². The third kappa shape index (κ3) is 0.135. The van der Waals surface area contributed by atoms with Gasteiger partial charge in [0.15, 0.2) is 9.84 Å². The summed E-state index contributed by atoms with van der Waals surface area (Å²) in [7, 11) is -3.00. The molecule has 0 saturated carbocycles. The average Bonchev–Trinajstić information content (AvgIpc) is 3.39. The second-order valence-corrected chi connectivity index (χ2v) is 37.6. The van der Waals surface area contributed by atoms with Crippen molar-refractivity contribution < 1.29 is 14.9 Å². The molecule has 1 aromatic rings. The minimum atomic E-state index is -3.00. The molecular formula is C17H18FeO2S. The molecule has 0 atom stereocenters. The Bertz CT molecular complexity index is 1070. The Morgan fingerprint density at radius 2 is 1.05 bits per heavy atom. The normalized spacial score (nSPS) is 94.9. The average molecular weight is 342 g/mol. The molecule has 112 valence electrons. The van der Waals surface area contributed by atoms with Crippen LogP contribution in [0.4, 0.5) is 0 Å². The van der Waals surface area contributed by atoms with Gasteiger partial charge in [-0.15, -0.1) is 0 Å². The van der Waals surface area contributed by atoms with Crippen LogP contribution in [-0.2, 0) is 16.3 Å². The van der Waals surface area contributed by atoms with E-state index in [0.29, 0.717) is 4.90 Å². The van der Waals surface area contributed by atoms with Crippen molar-refractivity contribution in [2.45, 2.75) is 53.1 Å². The van der Waals surface area contributed by atoms with E-state index < -0.39 is 16.3 Å². The zero-order valence-corrected chi connectivity index (χ0v) is 13.7. The van der Waals surface area contributed by atoms with Crippen molar-refractivity contribution in [3.8, 4) is 0 Å². The molecular weight excluding hydrogens is 324 g/mol. The summed E-state index contributed by atoms with van der Waals surface area (Å²) >= 11 is 0. The molecule has 0 amide bonds. The van der Waals surface area contributed by atoms with Crippen molar-refractivity contribution >= 4 is 9.84 Å². The number of hydrogen-bond donors (Lipinski definition) is 0. The molecule has 1 aromatic carbocycles. The second kappa shape index (κ2) is 0.874. The number of benzene rings is 1. The van der Waals surface area contributed by atoms with Crippen LogP contribution in [0.5, 0.6) is 0 Å². The van der Waals surface area contributed by atoms with Gasteiger partial charge < -0.3 is 0 Å². The number of sulfone groups is 1. The quantitative estimate of drug-likeness (QED) is 0.706. The molecule has 0 N–H and O–H groups in total. The van der Waals surface area contributed by atoms with Crippen LogP contribution in [0.2, 0.25) is 48.2 Å². The van der Waals surface area contributed by atoms with Gasteiger partial charge in [-0.2, -0.15) is 0 Å². The van der Waals surface area contributed by atoms with E-state index in [-0.39, 0.29) is 0 Å². The predicted octanol–water partition coefficient (Wildman–Crippen LogP) is 4.47. The predicted molar refractivity (Wildman–Crippen MR) is 77.1 cm³/mol. The van der Waals surface area contributed by atoms with Gasteiger partial charge in [0.25, 0.3) is 0 Å². The molecule has 10 aliphatic heterocycles. The molecule has 11 rings (SSSR count). The Morgan fingerprint density at radius 1 is 0.714 bits per heavy atom. The topological polar surface area (TPSA) is 34.1 Å². The summed E-state index contributed by atoms with van der Waals surface area (Å²) < 4.78 is 21.7. The third-order valence-corrected chi connectivity index (χ3v) is 58.8. The molecule has 2 nitrogen and oxygen atoms in total. The van der Waals surface area contributed by atoms with Gasteiger partial charge in [-0.25, -0.2) is 8.42 Å². The van der Waals surface area contributed by atoms with Crippen molar-refractivity contribution in [3.63, 3.8) is 0 Å². The maximum atomic E-state index is 10.8. The second-order valence-electron chi connectivity index (χ2n) is 11.7. The Morgan fingerprint density at radius 3 is 1.19 bits per heavy atom. The summed E-state index contributed by atoms with van der Waals surface area (Å²) in [5.41, 5.74) is 0. The fraction of sp³-hybridized carbons (Fsp3) is 0.647. The van der Waals surface area contributed by atoms with Crippen molar-refractivity contribution in [3.05, 3.63) is 30.3 Å². The Hall–Kier alpha value is -0.311. The maximum absolute atomic E-state index is 10.8. The van der Waals surface area contributed by atoms with E-state index in [9.17, 15) is 8.42 Å². The first kappa shape index (κ1) is 9.10. The molecule has 21 heavy (non-hydrogen) atoms. The van der Waals surface area contributed by atoms with E-state index in [1.54, 1.807) is 78.5 Å². The fourth-order valence-corrected chi connectivity index (χ4v) is 89.3. The van der Waals surface area contributed by atoms with Gasteiger partial charge in [0.05, 0.1) is 4.90 Å². The Labute approximate surface area is 114 Å². The van der Waals surface area contributed by atoms with Gasteiger partial charge in [0.2, 0.25) is 0 Å². The van der Waals surface area contributed by atoms with E-state index in [4.69, 9.17) is 0 Å². The monoisotopic (exact) mass is 342 g/mol. The van der Waals surface area contributed by atoms with Crippen molar-refractivity contribution in [2.75, 3.05) is 6.26 Å². The molecule has 4 heteroatoms. The van der Waals surface area contributed by atoms with E-state index in [1.165, 1.54) is 6.26 Å². The number of fused-ring (bicyclic) bond motifs is 10. The van der Waals surface area contributed by atoms with Crippen LogP contribution in [0.1, 0.15) is 0 Å². The van der Waals surface area contributed by atoms with Crippen LogP contribution in [0.25, 0.3) is 0 Å². The van der Waals surface area contributed by atoms with E-state index in [2.05, 4.69) is 0 Å². The van der Waals surface area contributed by atoms with Crippen molar-refractivity contribution in [1.29, 1.82) is 0 Å². The van der Waals surface area contributed by atoms with Gasteiger partial charge in [0.1, 0.15) is 0 Å². The molecule has 10 saturated heterocycles. The Balaban J connectivity index is 0.0000000793. The summed E-state index contributed by atoms with van der Waals surface area (Å²) in [6, 6.07) is 8.35. The van der Waals surface area contributed by atoms with E-state index in [1.807, 2.05) is 0 Å². The summed E-state index contributed by atoms with van der Waals surface area (Å²) in [6.45, 7) is -2.28. The molecule has 0 aliphatic carbocycles. The third-order valence-electron chi connectivity index (χ3n) is 15.7. The zero-order valence-electron chi connectivity index (χ0n) is 11.7. The molecule has 0 unspecified atom stereocenters. The molecule has 0 aromatic heterocycles. The van der Waals surface area contributed by atoms with Crippen LogP contribution in [0, 0.1) is 0 Å².